The van der Waals surface area contributed by atoms with Crippen LogP contribution in [0.4, 0.5) is 0 Å². The lowest BCUT2D eigenvalue weighted by Crippen LogP contribution is -2.43. The summed E-state index contributed by atoms with van der Waals surface area (Å²) in [5.41, 5.74) is 0. The van der Waals surface area contributed by atoms with E-state index in [-0.39, 0.29) is 0 Å². The summed E-state index contributed by atoms with van der Waals surface area (Å²) in [6.45, 7) is 9.32. The van der Waals surface area contributed by atoms with Crippen LogP contribution < -0.4 is 5.32 Å². The van der Waals surface area contributed by atoms with Gasteiger partial charge in [0.1, 0.15) is 0 Å². The van der Waals surface area contributed by atoms with E-state index in [0.717, 1.165) is 22.6 Å². The third-order valence-electron chi connectivity index (χ3n) is 1.80. The fraction of sp³-hybridized carbons (Fsp3) is 0.800. The number of nitrogens with zero attached hydrogens (tertiary/aromatic N) is 2. The third kappa shape index (κ3) is 3.99. The smallest absolute Gasteiger partial charge is 0.175 e. The molecule has 0 atom stereocenters. The number of aliphatic imine (C=N–C) groups is 1. The van der Waals surface area contributed by atoms with Crippen molar-refractivity contribution in [1.82, 2.24) is 10.2 Å². The second-order valence-corrected chi connectivity index (χ2v) is 5.56. The molecular formula is C10H19N3S2. The summed E-state index contributed by atoms with van der Waals surface area (Å²) in [4.78, 5) is 6.66. The first-order chi connectivity index (χ1) is 7.00. The van der Waals surface area contributed by atoms with E-state index in [0.29, 0.717) is 12.1 Å². The molecule has 0 bridgehead atoms. The molecule has 0 aromatic rings. The van der Waals surface area contributed by atoms with Gasteiger partial charge in [0, 0.05) is 24.4 Å². The number of hydrogen-bond donors (Lipinski definition) is 1. The molecule has 0 amide bonds. The maximum Gasteiger partial charge on any atom is 0.175 e. The minimum absolute atomic E-state index is 0.329. The van der Waals surface area contributed by atoms with Gasteiger partial charge in [-0.25, -0.2) is 0 Å². The zero-order chi connectivity index (χ0) is 11.4. The van der Waals surface area contributed by atoms with Crippen LogP contribution in [0, 0.1) is 0 Å². The Balaban J connectivity index is 2.64. The van der Waals surface area contributed by atoms with E-state index in [1.807, 2.05) is 0 Å². The number of thioether (sulfide) groups is 1. The highest BCUT2D eigenvalue weighted by Gasteiger charge is 2.23. The van der Waals surface area contributed by atoms with Crippen molar-refractivity contribution in [3.05, 3.63) is 0 Å². The van der Waals surface area contributed by atoms with Gasteiger partial charge in [-0.15, -0.1) is 0 Å². The molecule has 0 saturated carbocycles. The summed E-state index contributed by atoms with van der Waals surface area (Å²) in [6, 6.07) is 0.707. The number of rotatable bonds is 2. The van der Waals surface area contributed by atoms with E-state index in [2.05, 4.69) is 42.9 Å². The fourth-order valence-electron chi connectivity index (χ4n) is 1.24. The van der Waals surface area contributed by atoms with Gasteiger partial charge in [0.05, 0.1) is 0 Å². The van der Waals surface area contributed by atoms with E-state index in [1.54, 1.807) is 11.8 Å². The van der Waals surface area contributed by atoms with Gasteiger partial charge >= 0.3 is 0 Å². The van der Waals surface area contributed by atoms with Crippen molar-refractivity contribution >= 4 is 34.3 Å². The summed E-state index contributed by atoms with van der Waals surface area (Å²) in [5, 5.41) is 5.11. The molecule has 1 N–H and O–H groups in total. The van der Waals surface area contributed by atoms with Crippen molar-refractivity contribution < 1.29 is 0 Å². The average Bonchev–Trinajstić information content (AvgIpc) is 2.49. The molecule has 0 aromatic carbocycles. The molecule has 86 valence electrons. The van der Waals surface area contributed by atoms with E-state index < -0.39 is 0 Å². The van der Waals surface area contributed by atoms with Crippen LogP contribution in [0.2, 0.25) is 0 Å². The second kappa shape index (κ2) is 5.70. The molecule has 5 heteroatoms. The molecule has 0 radical (unpaired) electrons. The van der Waals surface area contributed by atoms with Gasteiger partial charge in [-0.2, -0.15) is 0 Å². The molecule has 0 spiro atoms. The van der Waals surface area contributed by atoms with Crippen LogP contribution in [0.1, 0.15) is 27.7 Å². The van der Waals surface area contributed by atoms with Gasteiger partial charge < -0.3 is 5.32 Å². The topological polar surface area (TPSA) is 27.6 Å². The van der Waals surface area contributed by atoms with Crippen LogP contribution in [0.5, 0.6) is 0 Å². The zero-order valence-electron chi connectivity index (χ0n) is 9.78. The maximum atomic E-state index is 5.34. The van der Waals surface area contributed by atoms with Gasteiger partial charge in [-0.3, -0.25) is 9.89 Å². The Labute approximate surface area is 102 Å². The number of amidine groups is 1. The fourth-order valence-corrected chi connectivity index (χ4v) is 2.79. The van der Waals surface area contributed by atoms with Gasteiger partial charge in [-0.1, -0.05) is 11.8 Å². The summed E-state index contributed by atoms with van der Waals surface area (Å²) < 4.78 is 0. The van der Waals surface area contributed by atoms with Gasteiger partial charge in [0.15, 0.2) is 10.3 Å². The van der Waals surface area contributed by atoms with Gasteiger partial charge in [0.25, 0.3) is 0 Å². The van der Waals surface area contributed by atoms with Crippen molar-refractivity contribution in [1.29, 1.82) is 0 Å². The third-order valence-corrected chi connectivity index (χ3v) is 3.11. The van der Waals surface area contributed by atoms with Crippen LogP contribution in [0.15, 0.2) is 4.99 Å². The zero-order valence-corrected chi connectivity index (χ0v) is 11.4. The minimum Gasteiger partial charge on any atom is -0.360 e. The van der Waals surface area contributed by atoms with Crippen LogP contribution in [-0.2, 0) is 0 Å². The Morgan fingerprint density at radius 2 is 2.13 bits per heavy atom. The SMILES string of the molecule is CC(C)N=C1SCCN1C(=S)NC(C)C. The molecule has 0 aromatic heterocycles. The molecule has 1 rings (SSSR count). The number of thiocarbonyl (C=S) groups is 1. The highest BCUT2D eigenvalue weighted by molar-refractivity contribution is 8.14. The Morgan fingerprint density at radius 3 is 2.67 bits per heavy atom. The average molecular weight is 245 g/mol. The van der Waals surface area contributed by atoms with E-state index in [1.165, 1.54) is 0 Å². The first kappa shape index (κ1) is 12.8. The Kier molecular flexibility index (Phi) is 4.86. The maximum absolute atomic E-state index is 5.34. The quantitative estimate of drug-likeness (QED) is 0.754. The molecule has 0 unspecified atom stereocenters. The van der Waals surface area contributed by atoms with E-state index in [4.69, 9.17) is 12.2 Å². The van der Waals surface area contributed by atoms with Crippen molar-refractivity contribution in [2.75, 3.05) is 12.3 Å². The van der Waals surface area contributed by atoms with E-state index in [9.17, 15) is 0 Å². The van der Waals surface area contributed by atoms with E-state index >= 15 is 0 Å². The molecule has 15 heavy (non-hydrogen) atoms. The standard InChI is InChI=1S/C10H19N3S2/c1-7(2)11-9(14)13-5-6-15-10(13)12-8(3)4/h7-8H,5-6H2,1-4H3,(H,11,14). The lowest BCUT2D eigenvalue weighted by Gasteiger charge is -2.22. The summed E-state index contributed by atoms with van der Waals surface area (Å²) >= 11 is 7.12. The lowest BCUT2D eigenvalue weighted by atomic mass is 10.4. The molecule has 1 aliphatic rings. The highest BCUT2D eigenvalue weighted by atomic mass is 32.2. The van der Waals surface area contributed by atoms with Crippen molar-refractivity contribution in [3.8, 4) is 0 Å². The largest absolute Gasteiger partial charge is 0.360 e. The van der Waals surface area contributed by atoms with Crippen LogP contribution in [0.3, 0.4) is 0 Å². The molecular weight excluding hydrogens is 226 g/mol. The van der Waals surface area contributed by atoms with Gasteiger partial charge in [-0.05, 0) is 39.9 Å². The first-order valence-electron chi connectivity index (χ1n) is 5.29. The Morgan fingerprint density at radius 1 is 1.47 bits per heavy atom. The number of hydrogen-bond acceptors (Lipinski definition) is 3. The Bertz CT molecular complexity index is 261. The van der Waals surface area contributed by atoms with Crippen LogP contribution >= 0.6 is 24.0 Å². The van der Waals surface area contributed by atoms with Crippen LogP contribution in [-0.4, -0.2) is 39.6 Å². The first-order valence-corrected chi connectivity index (χ1v) is 6.68. The molecule has 1 heterocycles. The monoisotopic (exact) mass is 245 g/mol. The number of nitrogens with one attached hydrogen (secondary N) is 1. The minimum atomic E-state index is 0.329. The van der Waals surface area contributed by atoms with Gasteiger partial charge in [0.2, 0.25) is 0 Å². The molecule has 3 nitrogen and oxygen atoms in total. The van der Waals surface area contributed by atoms with Crippen molar-refractivity contribution in [2.45, 2.75) is 39.8 Å². The normalized spacial score (nSPS) is 19.3. The molecule has 0 aliphatic carbocycles. The Hall–Kier alpha value is -0.290. The van der Waals surface area contributed by atoms with Crippen molar-refractivity contribution in [3.63, 3.8) is 0 Å². The highest BCUT2D eigenvalue weighted by Crippen LogP contribution is 2.19. The molecule has 1 fully saturated rings. The summed E-state index contributed by atoms with van der Waals surface area (Å²) in [6.07, 6.45) is 0. The second-order valence-electron chi connectivity index (χ2n) is 4.11. The molecule has 1 aliphatic heterocycles. The summed E-state index contributed by atoms with van der Waals surface area (Å²) in [7, 11) is 0. The predicted molar refractivity (Wildman–Crippen MR) is 72.6 cm³/mol. The molecule has 1 saturated heterocycles. The summed E-state index contributed by atoms with van der Waals surface area (Å²) in [5.74, 6) is 1.07. The van der Waals surface area contributed by atoms with Crippen LogP contribution in [0.25, 0.3) is 0 Å². The van der Waals surface area contributed by atoms with Crippen molar-refractivity contribution in [2.24, 2.45) is 4.99 Å². The predicted octanol–water partition coefficient (Wildman–Crippen LogP) is 2.08. The lowest BCUT2D eigenvalue weighted by molar-refractivity contribution is 0.613.